The molecule has 0 spiro atoms. The number of ether oxygens (including phenoxy) is 1. The summed E-state index contributed by atoms with van der Waals surface area (Å²) in [6.45, 7) is 17.2. The Morgan fingerprint density at radius 2 is 0.601 bits per heavy atom. The molecule has 4 aliphatic rings. The Kier molecular flexibility index (Phi) is 29.4. The highest BCUT2D eigenvalue weighted by atomic mass is 19.1. The Morgan fingerprint density at radius 3 is 0.913 bits per heavy atom. The van der Waals surface area contributed by atoms with E-state index < -0.39 is 0 Å². The number of anilines is 4. The van der Waals surface area contributed by atoms with E-state index in [9.17, 15) is 36.7 Å². The topological polar surface area (TPSA) is 316 Å². The lowest BCUT2D eigenvalue weighted by atomic mass is 10.1. The molecule has 4 aliphatic heterocycles. The SMILES string of the molecule is COc1cc(N2CCN(C(=O)Cn3nc(-c4ccc(F)c(C)n4)cc3-c3ccccc3)CC2)ncn1.Cc1cc(-c2cc(-c3ccccc3)n(CC(=O)N3CCN(c4ncccn4)CC3)n2)ncc1F.Cc1nc(-c2cc(-c3ccccc3)n(CC(=O)N3CCN(c4ccccn4)CC3)n2)ccc1F.Cc1nc(-c2cc(-c3ccccc3)n(CC(=O)N3CCN(c4ncccn4)CC3)n2)ccc1F. The molecule has 0 radical (unpaired) electrons. The van der Waals surface area contributed by atoms with Crippen molar-refractivity contribution in [3.05, 3.63) is 314 Å². The summed E-state index contributed by atoms with van der Waals surface area (Å²) < 4.78 is 67.0. The van der Waals surface area contributed by atoms with Crippen molar-refractivity contribution in [2.45, 2.75) is 53.9 Å². The van der Waals surface area contributed by atoms with Gasteiger partial charge in [0, 0.05) is 142 Å². The number of aromatic nitrogens is 19. The monoisotopic (exact) mass is 1860 g/mol. The molecule has 4 aromatic carbocycles. The molecule has 138 heavy (non-hydrogen) atoms. The van der Waals surface area contributed by atoms with Crippen LogP contribution in [0.1, 0.15) is 22.6 Å². The smallest absolute Gasteiger partial charge is 0.244 e. The van der Waals surface area contributed by atoms with E-state index in [-0.39, 0.29) is 73.1 Å². The van der Waals surface area contributed by atoms with Gasteiger partial charge in [0.25, 0.3) is 0 Å². The molecule has 4 saturated heterocycles. The van der Waals surface area contributed by atoms with Gasteiger partial charge in [-0.15, -0.1) is 0 Å². The number of carbonyl (C=O) groups excluding carboxylic acids is 4. The van der Waals surface area contributed by atoms with E-state index in [0.29, 0.717) is 178 Å². The normalized spacial score (nSPS) is 13.8. The number of piperazine rings is 4. The maximum atomic E-state index is 13.8. The first-order valence-corrected chi connectivity index (χ1v) is 45.2. The number of hydrogen-bond donors (Lipinski definition) is 0. The van der Waals surface area contributed by atoms with Crippen molar-refractivity contribution in [1.29, 1.82) is 0 Å². The number of hydrogen-bond acceptors (Lipinski definition) is 24. The molecule has 0 unspecified atom stereocenters. The zero-order chi connectivity index (χ0) is 95.5. The van der Waals surface area contributed by atoms with Gasteiger partial charge in [0.05, 0.1) is 75.9 Å². The average Bonchev–Trinajstić information content (AvgIpc) is 1.67. The summed E-state index contributed by atoms with van der Waals surface area (Å²) in [6, 6.07) is 68.6. The number of rotatable bonds is 21. The first kappa shape index (κ1) is 93.1. The summed E-state index contributed by atoms with van der Waals surface area (Å²) in [4.78, 5) is 116. The summed E-state index contributed by atoms with van der Waals surface area (Å²) >= 11 is 0. The van der Waals surface area contributed by atoms with Crippen LogP contribution in [0.3, 0.4) is 0 Å². The van der Waals surface area contributed by atoms with Crippen LogP contribution in [-0.2, 0) is 45.4 Å². The third kappa shape index (κ3) is 22.7. The Labute approximate surface area is 793 Å². The van der Waals surface area contributed by atoms with Gasteiger partial charge in [-0.1, -0.05) is 127 Å². The van der Waals surface area contributed by atoms with Crippen molar-refractivity contribution < 1.29 is 41.5 Å². The van der Waals surface area contributed by atoms with Crippen LogP contribution in [0.2, 0.25) is 0 Å². The van der Waals surface area contributed by atoms with Crippen molar-refractivity contribution in [3.63, 3.8) is 0 Å². The van der Waals surface area contributed by atoms with Crippen LogP contribution in [0, 0.1) is 51.0 Å². The van der Waals surface area contributed by atoms with Gasteiger partial charge in [0.1, 0.15) is 90.2 Å². The Balaban J connectivity index is 0.000000127. The number of methoxy groups -OCH3 is 1. The maximum Gasteiger partial charge on any atom is 0.244 e. The lowest BCUT2D eigenvalue weighted by molar-refractivity contribution is -0.133. The number of benzene rings is 4. The van der Waals surface area contributed by atoms with Crippen molar-refractivity contribution >= 4 is 47.2 Å². The van der Waals surface area contributed by atoms with Crippen molar-refractivity contribution in [2.75, 3.05) is 131 Å². The highest BCUT2D eigenvalue weighted by Gasteiger charge is 2.31. The van der Waals surface area contributed by atoms with Gasteiger partial charge < -0.3 is 43.9 Å². The van der Waals surface area contributed by atoms with Crippen LogP contribution < -0.4 is 24.3 Å². The van der Waals surface area contributed by atoms with E-state index in [4.69, 9.17) is 4.74 Å². The minimum atomic E-state index is -0.365. The predicted octanol–water partition coefficient (Wildman–Crippen LogP) is 13.4. The van der Waals surface area contributed by atoms with E-state index in [1.54, 1.807) is 127 Å². The van der Waals surface area contributed by atoms with Crippen LogP contribution in [0.15, 0.2) is 268 Å². The summed E-state index contributed by atoms with van der Waals surface area (Å²) in [5.74, 6) is 2.10. The molecule has 0 saturated carbocycles. The minimum absolute atomic E-state index is 0.00995. The lowest BCUT2D eigenvalue weighted by Gasteiger charge is -2.35. The van der Waals surface area contributed by atoms with Crippen LogP contribution >= 0.6 is 0 Å². The highest BCUT2D eigenvalue weighted by Crippen LogP contribution is 2.33. The van der Waals surface area contributed by atoms with Crippen molar-refractivity contribution in [1.82, 2.24) is 114 Å². The molecule has 0 aliphatic carbocycles. The fraction of sp³-hybridized carbons (Fsp3) is 0.245. The first-order chi connectivity index (χ1) is 67.3. The van der Waals surface area contributed by atoms with E-state index >= 15 is 0 Å². The third-order valence-corrected chi connectivity index (χ3v) is 24.0. The summed E-state index contributed by atoms with van der Waals surface area (Å²) in [6.07, 6.45) is 11.3. The molecule has 16 heterocycles. The minimum Gasteiger partial charge on any atom is -0.481 e. The highest BCUT2D eigenvalue weighted by molar-refractivity contribution is 5.82. The molecule has 16 aromatic rings. The standard InChI is InChI=1S/C26H26FN7O2.C26H25FN6O.2C25H24FN7O/c1-18-20(27)8-9-21(30-18)22-14-23(19-6-4-3-5-7-19)34(31-22)16-26(35)33-12-10-32(11-13-33)24-15-25(36-2)29-17-28-24;1-19-21(27)10-11-22(29-19)23-17-24(20-7-3-2-4-8-20)33(30-23)18-26(34)32-15-13-31(14-16-32)25-9-5-6-12-28-25;1-18-20(26)8-9-21(29-18)22-16-23(19-6-3-2-4-7-19)33(30-22)17-24(34)31-12-14-32(15-13-31)25-27-10-5-11-28-25;1-18-14-21(29-16-20(18)26)22-15-23(19-6-3-2-4-7-19)33(30-22)17-24(34)31-10-12-32(13-11-31)25-27-8-5-9-28-25/h3-9,14-15,17H,10-13,16H2,1-2H3;2-12,17H,13-16,18H2,1H3;2-11,16H,12-15,17H2,1H3;2-9,14-16H,10-13,17H2,1H3. The molecule has 12 aromatic heterocycles. The summed E-state index contributed by atoms with van der Waals surface area (Å²) in [7, 11) is 1.57. The molecule has 0 bridgehead atoms. The lowest BCUT2D eigenvalue weighted by Crippen LogP contribution is -2.50. The Hall–Kier alpha value is -16.7. The third-order valence-electron chi connectivity index (χ3n) is 24.0. The quantitative estimate of drug-likeness (QED) is 0.0603. The molecule has 4 amide bonds. The molecule has 4 fully saturated rings. The van der Waals surface area contributed by atoms with Gasteiger partial charge >= 0.3 is 0 Å². The van der Waals surface area contributed by atoms with E-state index in [2.05, 4.69) is 94.8 Å². The number of nitrogens with zero attached hydrogens (tertiary/aromatic N) is 27. The number of halogens is 4. The van der Waals surface area contributed by atoms with Crippen molar-refractivity contribution in [3.8, 4) is 96.5 Å². The fourth-order valence-corrected chi connectivity index (χ4v) is 16.4. The molecule has 32 nitrogen and oxygen atoms in total. The second-order valence-corrected chi connectivity index (χ2v) is 33.0. The number of amides is 4. The molecule has 20 rings (SSSR count). The molecule has 36 heteroatoms. The summed E-state index contributed by atoms with van der Waals surface area (Å²) in [5, 5.41) is 18.7. The number of aryl methyl sites for hydroxylation is 4. The van der Waals surface area contributed by atoms with Crippen LogP contribution in [0.25, 0.3) is 90.6 Å². The second kappa shape index (κ2) is 43.5. The van der Waals surface area contributed by atoms with Crippen LogP contribution in [0.4, 0.5) is 41.1 Å². The largest absolute Gasteiger partial charge is 0.481 e. The zero-order valence-electron chi connectivity index (χ0n) is 76.7. The van der Waals surface area contributed by atoms with Gasteiger partial charge in [-0.3, -0.25) is 42.9 Å². The fourth-order valence-electron chi connectivity index (χ4n) is 16.4. The van der Waals surface area contributed by atoms with Crippen molar-refractivity contribution in [2.24, 2.45) is 0 Å². The first-order valence-electron chi connectivity index (χ1n) is 45.2. The van der Waals surface area contributed by atoms with Crippen LogP contribution in [0.5, 0.6) is 5.88 Å². The van der Waals surface area contributed by atoms with Gasteiger partial charge in [-0.05, 0) is 147 Å². The number of carbonyl (C=O) groups is 4. The van der Waals surface area contributed by atoms with E-state index in [1.165, 1.54) is 30.7 Å². The van der Waals surface area contributed by atoms with E-state index in [0.717, 1.165) is 69.8 Å². The van der Waals surface area contributed by atoms with Gasteiger partial charge in [-0.25, -0.2) is 67.4 Å². The molecule has 700 valence electrons. The zero-order valence-corrected chi connectivity index (χ0v) is 76.7. The average molecular weight is 1860 g/mol. The molecule has 0 atom stereocenters. The van der Waals surface area contributed by atoms with Crippen LogP contribution in [-0.4, -0.2) is 249 Å². The Bertz CT molecular complexity index is 6380. The number of pyridine rings is 5. The molecular weight excluding hydrogens is 1760 g/mol. The second-order valence-electron chi connectivity index (χ2n) is 33.0. The summed E-state index contributed by atoms with van der Waals surface area (Å²) in [5.41, 5.74) is 13.1. The maximum absolute atomic E-state index is 13.8. The Morgan fingerprint density at radius 1 is 0.290 bits per heavy atom. The predicted molar refractivity (Wildman–Crippen MR) is 514 cm³/mol. The van der Waals surface area contributed by atoms with E-state index in [1.807, 2.05) is 183 Å². The molecular formula is C102H99F4N27O5. The van der Waals surface area contributed by atoms with Gasteiger partial charge in [0.2, 0.25) is 41.4 Å². The molecule has 0 N–H and O–H groups in total. The van der Waals surface area contributed by atoms with Gasteiger partial charge in [0.15, 0.2) is 0 Å². The van der Waals surface area contributed by atoms with Gasteiger partial charge in [-0.2, -0.15) is 20.4 Å².